The van der Waals surface area contributed by atoms with Crippen LogP contribution in [0.1, 0.15) is 25.3 Å². The number of imide groups is 1. The van der Waals surface area contributed by atoms with Gasteiger partial charge < -0.3 is 15.4 Å². The van der Waals surface area contributed by atoms with Crippen LogP contribution in [0, 0.1) is 0 Å². The monoisotopic (exact) mass is 432 g/mol. The van der Waals surface area contributed by atoms with Gasteiger partial charge in [-0.1, -0.05) is 0 Å². The summed E-state index contributed by atoms with van der Waals surface area (Å²) in [6.45, 7) is 2.35. The minimum Gasteiger partial charge on any atom is -0.496 e. The van der Waals surface area contributed by atoms with E-state index < -0.39 is 27.5 Å². The zero-order chi connectivity index (χ0) is 19.8. The smallest absolute Gasteiger partial charge is 0.322 e. The molecule has 0 radical (unpaired) electrons. The van der Waals surface area contributed by atoms with Gasteiger partial charge in [0.15, 0.2) is 0 Å². The van der Waals surface area contributed by atoms with Crippen LogP contribution in [0.15, 0.2) is 23.1 Å². The van der Waals surface area contributed by atoms with E-state index in [1.165, 1.54) is 36.5 Å². The van der Waals surface area contributed by atoms with Crippen molar-refractivity contribution in [2.75, 3.05) is 27.2 Å². The first-order valence-electron chi connectivity index (χ1n) is 8.72. The number of urea groups is 1. The van der Waals surface area contributed by atoms with Gasteiger partial charge in [-0.2, -0.15) is 4.31 Å². The third-order valence-electron chi connectivity index (χ3n) is 5.25. The molecule has 0 saturated carbocycles. The lowest BCUT2D eigenvalue weighted by Crippen LogP contribution is -2.44. The van der Waals surface area contributed by atoms with Gasteiger partial charge in [0.1, 0.15) is 11.3 Å². The van der Waals surface area contributed by atoms with Gasteiger partial charge in [-0.25, -0.2) is 13.2 Å². The van der Waals surface area contributed by atoms with Crippen LogP contribution in [0.3, 0.4) is 0 Å². The molecule has 2 heterocycles. The molecule has 0 aromatic heterocycles. The molecule has 0 spiro atoms. The van der Waals surface area contributed by atoms with Crippen LogP contribution in [0.2, 0.25) is 0 Å². The molecule has 1 unspecified atom stereocenters. The number of halogens is 1. The van der Waals surface area contributed by atoms with Gasteiger partial charge in [-0.05, 0) is 45.0 Å². The zero-order valence-electron chi connectivity index (χ0n) is 15.9. The summed E-state index contributed by atoms with van der Waals surface area (Å²) in [6.07, 6.45) is 1.46. The van der Waals surface area contributed by atoms with Gasteiger partial charge in [0.2, 0.25) is 10.0 Å². The molecular weight excluding hydrogens is 408 g/mol. The number of hydrogen-bond donors (Lipinski definition) is 3. The average Bonchev–Trinajstić information content (AvgIpc) is 2.93. The van der Waals surface area contributed by atoms with Crippen LogP contribution in [0.5, 0.6) is 5.75 Å². The van der Waals surface area contributed by atoms with Crippen LogP contribution in [0.4, 0.5) is 4.79 Å². The molecule has 28 heavy (non-hydrogen) atoms. The Morgan fingerprint density at radius 3 is 2.39 bits per heavy atom. The first kappa shape index (κ1) is 22.4. The van der Waals surface area contributed by atoms with Crippen molar-refractivity contribution in [1.29, 1.82) is 0 Å². The number of benzene rings is 1. The second-order valence-corrected chi connectivity index (χ2v) is 8.80. The lowest BCUT2D eigenvalue weighted by molar-refractivity contribution is -0.123. The van der Waals surface area contributed by atoms with E-state index in [1.807, 2.05) is 7.05 Å². The summed E-state index contributed by atoms with van der Waals surface area (Å²) in [5.74, 6) is -0.238. The van der Waals surface area contributed by atoms with Crippen LogP contribution in [-0.2, 0) is 20.4 Å². The van der Waals surface area contributed by atoms with Crippen molar-refractivity contribution in [3.05, 3.63) is 23.8 Å². The third-order valence-corrected chi connectivity index (χ3v) is 7.15. The molecule has 0 aliphatic carbocycles. The van der Waals surface area contributed by atoms with Crippen molar-refractivity contribution >= 4 is 34.4 Å². The first-order chi connectivity index (χ1) is 12.7. The SMILES string of the molecule is CNC1CCN(S(=O)(=O)c2ccc(OC)c(C3(C)NC(=O)NC3=O)c2)CC1.Cl. The number of hydrogen-bond acceptors (Lipinski definition) is 6. The summed E-state index contributed by atoms with van der Waals surface area (Å²) in [7, 11) is -0.431. The van der Waals surface area contributed by atoms with Crippen LogP contribution < -0.4 is 20.7 Å². The van der Waals surface area contributed by atoms with E-state index in [1.54, 1.807) is 0 Å². The molecule has 1 aromatic rings. The van der Waals surface area contributed by atoms with Gasteiger partial charge in [0.25, 0.3) is 5.91 Å². The van der Waals surface area contributed by atoms with Gasteiger partial charge in [-0.15, -0.1) is 12.4 Å². The highest BCUT2D eigenvalue weighted by Gasteiger charge is 2.46. The van der Waals surface area contributed by atoms with E-state index in [-0.39, 0.29) is 17.3 Å². The Labute approximate surface area is 170 Å². The summed E-state index contributed by atoms with van der Waals surface area (Å²) < 4.78 is 32.9. The third kappa shape index (κ3) is 3.82. The molecule has 1 atom stereocenters. The maximum atomic E-state index is 13.1. The Morgan fingerprint density at radius 1 is 1.25 bits per heavy atom. The number of ether oxygens (including phenoxy) is 1. The summed E-state index contributed by atoms with van der Waals surface area (Å²) in [5, 5.41) is 7.89. The average molecular weight is 433 g/mol. The van der Waals surface area contributed by atoms with E-state index in [2.05, 4.69) is 16.0 Å². The van der Waals surface area contributed by atoms with E-state index >= 15 is 0 Å². The van der Waals surface area contributed by atoms with E-state index in [9.17, 15) is 18.0 Å². The highest BCUT2D eigenvalue weighted by molar-refractivity contribution is 7.89. The first-order valence-corrected chi connectivity index (χ1v) is 10.2. The van der Waals surface area contributed by atoms with Crippen LogP contribution in [-0.4, -0.2) is 58.0 Å². The number of rotatable bonds is 5. The van der Waals surface area contributed by atoms with E-state index in [0.29, 0.717) is 30.4 Å². The molecular formula is C17H25ClN4O5S. The zero-order valence-corrected chi connectivity index (χ0v) is 17.6. The van der Waals surface area contributed by atoms with Crippen molar-refractivity contribution in [2.45, 2.75) is 36.2 Å². The van der Waals surface area contributed by atoms with E-state index in [4.69, 9.17) is 4.74 Å². The Kier molecular flexibility index (Phi) is 6.59. The Hall–Kier alpha value is -1.88. The molecule has 3 amide bonds. The van der Waals surface area contributed by atoms with Crippen molar-refractivity contribution in [3.8, 4) is 5.75 Å². The Bertz CT molecular complexity index is 870. The summed E-state index contributed by atoms with van der Waals surface area (Å²) >= 11 is 0. The Morgan fingerprint density at radius 2 is 1.89 bits per heavy atom. The molecule has 3 rings (SSSR count). The van der Waals surface area contributed by atoms with Crippen LogP contribution in [0.25, 0.3) is 0 Å². The number of amides is 3. The Balaban J connectivity index is 0.00000280. The number of nitrogens with zero attached hydrogens (tertiary/aromatic N) is 1. The second kappa shape index (κ2) is 8.24. The maximum absolute atomic E-state index is 13.1. The molecule has 11 heteroatoms. The maximum Gasteiger partial charge on any atom is 0.322 e. The highest BCUT2D eigenvalue weighted by Crippen LogP contribution is 2.35. The minimum absolute atomic E-state index is 0. The van der Waals surface area contributed by atoms with Crippen molar-refractivity contribution in [2.24, 2.45) is 0 Å². The second-order valence-electron chi connectivity index (χ2n) is 6.86. The summed E-state index contributed by atoms with van der Waals surface area (Å²) in [4.78, 5) is 24.0. The lowest BCUT2D eigenvalue weighted by Gasteiger charge is -2.31. The standard InChI is InChI=1S/C17H24N4O5S.ClH/c1-17(15(22)19-16(23)20-17)13-10-12(4-5-14(13)26-3)27(24,25)21-8-6-11(18-2)7-9-21;/h4-5,10-11,18H,6-9H2,1-3H3,(H2,19,20,22,23);1H. The predicted octanol–water partition coefficient (Wildman–Crippen LogP) is 0.544. The fourth-order valence-electron chi connectivity index (χ4n) is 3.51. The molecule has 2 aliphatic heterocycles. The summed E-state index contributed by atoms with van der Waals surface area (Å²) in [5.41, 5.74) is -1.12. The molecule has 2 fully saturated rings. The molecule has 9 nitrogen and oxygen atoms in total. The molecule has 2 saturated heterocycles. The number of sulfonamides is 1. The van der Waals surface area contributed by atoms with Gasteiger partial charge >= 0.3 is 6.03 Å². The topological polar surface area (TPSA) is 117 Å². The van der Waals surface area contributed by atoms with Crippen molar-refractivity contribution < 1.29 is 22.7 Å². The number of methoxy groups -OCH3 is 1. The minimum atomic E-state index is -3.72. The van der Waals surface area contributed by atoms with Crippen molar-refractivity contribution in [1.82, 2.24) is 20.3 Å². The number of nitrogens with one attached hydrogen (secondary N) is 3. The highest BCUT2D eigenvalue weighted by atomic mass is 35.5. The van der Waals surface area contributed by atoms with E-state index in [0.717, 1.165) is 12.8 Å². The molecule has 1 aromatic carbocycles. The van der Waals surface area contributed by atoms with Crippen LogP contribution >= 0.6 is 12.4 Å². The number of carbonyl (C=O) groups is 2. The van der Waals surface area contributed by atoms with Gasteiger partial charge in [0, 0.05) is 24.7 Å². The fourth-order valence-corrected chi connectivity index (χ4v) is 5.00. The quantitative estimate of drug-likeness (QED) is 0.585. The van der Waals surface area contributed by atoms with Gasteiger partial charge in [0.05, 0.1) is 12.0 Å². The predicted molar refractivity (Wildman–Crippen MR) is 105 cm³/mol. The molecule has 2 aliphatic rings. The largest absolute Gasteiger partial charge is 0.496 e. The molecule has 0 bridgehead atoms. The summed E-state index contributed by atoms with van der Waals surface area (Å²) in [6, 6.07) is 4.04. The molecule has 156 valence electrons. The fraction of sp³-hybridized carbons (Fsp3) is 0.529. The number of piperidine rings is 1. The lowest BCUT2D eigenvalue weighted by atomic mass is 9.91. The number of carbonyl (C=O) groups excluding carboxylic acids is 2. The van der Waals surface area contributed by atoms with Gasteiger partial charge in [-0.3, -0.25) is 10.1 Å². The normalized spacial score (nSPS) is 23.7. The van der Waals surface area contributed by atoms with Crippen molar-refractivity contribution in [3.63, 3.8) is 0 Å². The molecule has 3 N–H and O–H groups in total.